The standard InChI is InChI=1S/C19H13F4N3O3/c1-18(28,10-29-14-5-3-12(9-25)16(20)7-14)17(27)26-13-4-2-11(8-24)15(6-13)19(21,22)23/h2-7,28H,10H2,1H3,(H,26,27)/t18-/m0/s1. The average molecular weight is 407 g/mol. The maximum Gasteiger partial charge on any atom is 0.417 e. The summed E-state index contributed by atoms with van der Waals surface area (Å²) in [6.07, 6.45) is -4.81. The van der Waals surface area contributed by atoms with Crippen molar-refractivity contribution in [2.24, 2.45) is 0 Å². The molecule has 2 aromatic rings. The molecule has 0 aliphatic heterocycles. The summed E-state index contributed by atoms with van der Waals surface area (Å²) in [5.74, 6) is -2.00. The fourth-order valence-corrected chi connectivity index (χ4v) is 2.19. The van der Waals surface area contributed by atoms with Crippen molar-refractivity contribution in [1.29, 1.82) is 10.5 Å². The normalized spacial score (nSPS) is 13.0. The Hall–Kier alpha value is -3.63. The van der Waals surface area contributed by atoms with E-state index in [4.69, 9.17) is 15.3 Å². The van der Waals surface area contributed by atoms with Gasteiger partial charge in [-0.05, 0) is 37.3 Å². The Morgan fingerprint density at radius 3 is 2.31 bits per heavy atom. The highest BCUT2D eigenvalue weighted by Gasteiger charge is 2.35. The van der Waals surface area contributed by atoms with E-state index in [1.54, 1.807) is 6.07 Å². The number of benzene rings is 2. The molecule has 29 heavy (non-hydrogen) atoms. The predicted molar refractivity (Wildman–Crippen MR) is 92.0 cm³/mol. The molecule has 2 aromatic carbocycles. The Morgan fingerprint density at radius 1 is 1.14 bits per heavy atom. The van der Waals surface area contributed by atoms with Crippen molar-refractivity contribution < 1.29 is 32.2 Å². The van der Waals surface area contributed by atoms with Crippen LogP contribution in [0.1, 0.15) is 23.6 Å². The number of hydrogen-bond acceptors (Lipinski definition) is 5. The maximum absolute atomic E-state index is 13.6. The molecule has 0 saturated carbocycles. The van der Waals surface area contributed by atoms with Crippen molar-refractivity contribution in [3.63, 3.8) is 0 Å². The van der Waals surface area contributed by atoms with Crippen molar-refractivity contribution in [2.75, 3.05) is 11.9 Å². The molecule has 0 aliphatic rings. The number of ether oxygens (including phenoxy) is 1. The van der Waals surface area contributed by atoms with Crippen LogP contribution in [0.4, 0.5) is 23.2 Å². The van der Waals surface area contributed by atoms with E-state index >= 15 is 0 Å². The zero-order valence-corrected chi connectivity index (χ0v) is 14.8. The van der Waals surface area contributed by atoms with Crippen LogP contribution in [0.5, 0.6) is 5.75 Å². The molecule has 6 nitrogen and oxygen atoms in total. The lowest BCUT2D eigenvalue weighted by atomic mass is 10.1. The van der Waals surface area contributed by atoms with Gasteiger partial charge in [0.05, 0.1) is 22.8 Å². The van der Waals surface area contributed by atoms with Gasteiger partial charge in [0.15, 0.2) is 5.60 Å². The third-order valence-corrected chi connectivity index (χ3v) is 3.77. The molecule has 2 rings (SSSR count). The number of rotatable bonds is 5. The second kappa shape index (κ2) is 8.17. The first-order valence-corrected chi connectivity index (χ1v) is 7.95. The fraction of sp³-hybridized carbons (Fsp3) is 0.211. The predicted octanol–water partition coefficient (Wildman–Crippen LogP) is 3.36. The number of halogens is 4. The third kappa shape index (κ3) is 5.21. The van der Waals surface area contributed by atoms with E-state index in [0.717, 1.165) is 31.2 Å². The topological polar surface area (TPSA) is 106 Å². The van der Waals surface area contributed by atoms with E-state index in [1.807, 2.05) is 0 Å². The van der Waals surface area contributed by atoms with Crippen LogP contribution in [-0.4, -0.2) is 23.2 Å². The van der Waals surface area contributed by atoms with E-state index in [1.165, 1.54) is 12.1 Å². The first kappa shape index (κ1) is 21.7. The van der Waals surface area contributed by atoms with Gasteiger partial charge in [0.2, 0.25) is 0 Å². The summed E-state index contributed by atoms with van der Waals surface area (Å²) in [6, 6.07) is 8.87. The quantitative estimate of drug-likeness (QED) is 0.740. The van der Waals surface area contributed by atoms with Gasteiger partial charge < -0.3 is 15.2 Å². The molecule has 0 heterocycles. The van der Waals surface area contributed by atoms with E-state index in [-0.39, 0.29) is 17.0 Å². The lowest BCUT2D eigenvalue weighted by Gasteiger charge is -2.23. The van der Waals surface area contributed by atoms with Crippen LogP contribution < -0.4 is 10.1 Å². The second-order valence-corrected chi connectivity index (χ2v) is 6.14. The molecule has 10 heteroatoms. The molecule has 0 fully saturated rings. The first-order valence-electron chi connectivity index (χ1n) is 7.95. The number of alkyl halides is 3. The third-order valence-electron chi connectivity index (χ3n) is 3.77. The number of aliphatic hydroxyl groups is 1. The van der Waals surface area contributed by atoms with Gasteiger partial charge >= 0.3 is 6.18 Å². The number of nitrogens with one attached hydrogen (secondary N) is 1. The Kier molecular flexibility index (Phi) is 6.10. The van der Waals surface area contributed by atoms with Crippen LogP contribution in [-0.2, 0) is 11.0 Å². The zero-order valence-electron chi connectivity index (χ0n) is 14.8. The van der Waals surface area contributed by atoms with Crippen molar-refractivity contribution >= 4 is 11.6 Å². The van der Waals surface area contributed by atoms with E-state index in [0.29, 0.717) is 6.07 Å². The molecule has 1 amide bonds. The maximum atomic E-state index is 13.6. The summed E-state index contributed by atoms with van der Waals surface area (Å²) in [7, 11) is 0. The fourth-order valence-electron chi connectivity index (χ4n) is 2.19. The first-order chi connectivity index (χ1) is 13.5. The Morgan fingerprint density at radius 2 is 1.76 bits per heavy atom. The van der Waals surface area contributed by atoms with Crippen LogP contribution in [0.3, 0.4) is 0 Å². The lowest BCUT2D eigenvalue weighted by Crippen LogP contribution is -2.45. The van der Waals surface area contributed by atoms with Crippen molar-refractivity contribution in [1.82, 2.24) is 0 Å². The molecule has 0 spiro atoms. The Bertz CT molecular complexity index is 1020. The molecule has 0 aliphatic carbocycles. The van der Waals surface area contributed by atoms with Gasteiger partial charge in [-0.1, -0.05) is 0 Å². The summed E-state index contributed by atoms with van der Waals surface area (Å²) in [6.45, 7) is 0.406. The summed E-state index contributed by atoms with van der Waals surface area (Å²) in [5.41, 5.74) is -4.54. The van der Waals surface area contributed by atoms with E-state index in [2.05, 4.69) is 5.32 Å². The van der Waals surface area contributed by atoms with Crippen LogP contribution in [0.25, 0.3) is 0 Å². The highest BCUT2D eigenvalue weighted by Crippen LogP contribution is 2.33. The molecule has 0 unspecified atom stereocenters. The largest absolute Gasteiger partial charge is 0.490 e. The molecule has 150 valence electrons. The van der Waals surface area contributed by atoms with Crippen LogP contribution in [0.2, 0.25) is 0 Å². The molecule has 0 bridgehead atoms. The Labute approximate surface area is 162 Å². The van der Waals surface area contributed by atoms with Gasteiger partial charge in [0.25, 0.3) is 5.91 Å². The number of anilines is 1. The van der Waals surface area contributed by atoms with Crippen LogP contribution >= 0.6 is 0 Å². The average Bonchev–Trinajstić information content (AvgIpc) is 2.65. The molecule has 0 saturated heterocycles. The van der Waals surface area contributed by atoms with Crippen LogP contribution in [0, 0.1) is 28.5 Å². The number of carbonyl (C=O) groups is 1. The van der Waals surface area contributed by atoms with Gasteiger partial charge in [-0.25, -0.2) is 4.39 Å². The summed E-state index contributed by atoms with van der Waals surface area (Å²) >= 11 is 0. The number of carbonyl (C=O) groups excluding carboxylic acids is 1. The van der Waals surface area contributed by atoms with Gasteiger partial charge in [-0.3, -0.25) is 4.79 Å². The zero-order chi connectivity index (χ0) is 21.8. The molecule has 2 N–H and O–H groups in total. The number of hydrogen-bond donors (Lipinski definition) is 2. The molecule has 1 atom stereocenters. The Balaban J connectivity index is 2.12. The monoisotopic (exact) mass is 407 g/mol. The van der Waals surface area contributed by atoms with E-state index < -0.39 is 41.2 Å². The second-order valence-electron chi connectivity index (χ2n) is 6.14. The highest BCUT2D eigenvalue weighted by molar-refractivity contribution is 5.97. The number of nitrogens with zero attached hydrogens (tertiary/aromatic N) is 2. The van der Waals surface area contributed by atoms with Gasteiger partial charge in [0, 0.05) is 11.8 Å². The van der Waals surface area contributed by atoms with Gasteiger partial charge in [-0.15, -0.1) is 0 Å². The summed E-state index contributed by atoms with van der Waals surface area (Å²) in [5, 5.41) is 29.8. The van der Waals surface area contributed by atoms with Crippen molar-refractivity contribution in [3.05, 3.63) is 58.9 Å². The lowest BCUT2D eigenvalue weighted by molar-refractivity contribution is -0.138. The molecular weight excluding hydrogens is 394 g/mol. The van der Waals surface area contributed by atoms with Crippen molar-refractivity contribution in [3.8, 4) is 17.9 Å². The summed E-state index contributed by atoms with van der Waals surface area (Å²) in [4.78, 5) is 12.2. The summed E-state index contributed by atoms with van der Waals surface area (Å²) < 4.78 is 57.7. The van der Waals surface area contributed by atoms with Gasteiger partial charge in [0.1, 0.15) is 24.2 Å². The number of nitriles is 2. The van der Waals surface area contributed by atoms with E-state index in [9.17, 15) is 27.5 Å². The minimum atomic E-state index is -4.81. The molecular formula is C19H13F4N3O3. The molecule has 0 radical (unpaired) electrons. The van der Waals surface area contributed by atoms with Crippen molar-refractivity contribution in [2.45, 2.75) is 18.7 Å². The highest BCUT2D eigenvalue weighted by atomic mass is 19.4. The SMILES string of the molecule is C[C@](O)(COc1ccc(C#N)c(F)c1)C(=O)Nc1ccc(C#N)c(C(F)(F)F)c1. The number of amides is 1. The minimum absolute atomic E-state index is 0.0627. The smallest absolute Gasteiger partial charge is 0.417 e. The van der Waals surface area contributed by atoms with Crippen LogP contribution in [0.15, 0.2) is 36.4 Å². The van der Waals surface area contributed by atoms with Gasteiger partial charge in [-0.2, -0.15) is 23.7 Å². The minimum Gasteiger partial charge on any atom is -0.490 e. The molecule has 0 aromatic heterocycles.